The molecule has 0 spiro atoms. The quantitative estimate of drug-likeness (QED) is 0.714. The predicted molar refractivity (Wildman–Crippen MR) is 107 cm³/mol. The van der Waals surface area contributed by atoms with E-state index in [9.17, 15) is 4.79 Å². The molecule has 142 valence electrons. The summed E-state index contributed by atoms with van der Waals surface area (Å²) in [7, 11) is 0. The molecule has 0 fully saturated rings. The second-order valence-corrected chi connectivity index (χ2v) is 6.46. The van der Waals surface area contributed by atoms with Crippen molar-refractivity contribution in [2.75, 3.05) is 17.2 Å². The average Bonchev–Trinajstić information content (AvgIpc) is 3.16. The Morgan fingerprint density at radius 2 is 1.96 bits per heavy atom. The first-order valence-corrected chi connectivity index (χ1v) is 9.11. The lowest BCUT2D eigenvalue weighted by molar-refractivity contribution is -0.119. The number of benzene rings is 2. The number of fused-ring (bicyclic) bond motifs is 1. The maximum atomic E-state index is 13.2. The number of aromatic nitrogens is 3. The van der Waals surface area contributed by atoms with Gasteiger partial charge < -0.3 is 15.4 Å². The second kappa shape index (κ2) is 7.56. The number of para-hydroxylation sites is 1. The van der Waals surface area contributed by atoms with E-state index < -0.39 is 5.92 Å². The van der Waals surface area contributed by atoms with E-state index in [0.29, 0.717) is 18.3 Å². The van der Waals surface area contributed by atoms with Crippen LogP contribution in [0.5, 0.6) is 5.75 Å². The third kappa shape index (κ3) is 3.34. The Balaban J connectivity index is 1.70. The van der Waals surface area contributed by atoms with Gasteiger partial charge in [-0.25, -0.2) is 4.68 Å². The lowest BCUT2D eigenvalue weighted by atomic mass is 9.88. The van der Waals surface area contributed by atoms with E-state index in [-0.39, 0.29) is 11.9 Å². The van der Waals surface area contributed by atoms with Crippen molar-refractivity contribution in [3.63, 3.8) is 0 Å². The minimum atomic E-state index is -0.563. The third-order valence-corrected chi connectivity index (χ3v) is 4.66. The Labute approximate surface area is 163 Å². The molecular weight excluding hydrogens is 354 g/mol. The molecular formula is C21H21N5O2. The van der Waals surface area contributed by atoms with Gasteiger partial charge in [-0.05, 0) is 36.8 Å². The fourth-order valence-corrected chi connectivity index (χ4v) is 3.40. The number of carbonyl (C=O) groups excluding carboxylic acids is 1. The average molecular weight is 375 g/mol. The molecule has 7 nitrogen and oxygen atoms in total. The fraction of sp³-hybridized carbons (Fsp3) is 0.190. The van der Waals surface area contributed by atoms with Crippen LogP contribution in [0.4, 0.5) is 11.6 Å². The smallest absolute Gasteiger partial charge is 0.235 e. The van der Waals surface area contributed by atoms with Gasteiger partial charge in [-0.3, -0.25) is 4.79 Å². The summed E-state index contributed by atoms with van der Waals surface area (Å²) in [5.41, 5.74) is 2.23. The highest BCUT2D eigenvalue weighted by Crippen LogP contribution is 2.38. The van der Waals surface area contributed by atoms with E-state index in [0.717, 1.165) is 17.0 Å². The van der Waals surface area contributed by atoms with Crippen molar-refractivity contribution >= 4 is 17.5 Å². The molecule has 2 N–H and O–H groups in total. The largest absolute Gasteiger partial charge is 0.494 e. The van der Waals surface area contributed by atoms with Gasteiger partial charge in [-0.2, -0.15) is 10.1 Å². The van der Waals surface area contributed by atoms with Gasteiger partial charge in [0.25, 0.3) is 0 Å². The minimum Gasteiger partial charge on any atom is -0.494 e. The summed E-state index contributed by atoms with van der Waals surface area (Å²) in [5.74, 6) is 0.617. The summed E-state index contributed by atoms with van der Waals surface area (Å²) in [4.78, 5) is 17.4. The van der Waals surface area contributed by atoms with Crippen LogP contribution in [0.25, 0.3) is 0 Å². The number of anilines is 2. The van der Waals surface area contributed by atoms with E-state index in [2.05, 4.69) is 27.3 Å². The maximum Gasteiger partial charge on any atom is 0.235 e. The predicted octanol–water partition coefficient (Wildman–Crippen LogP) is 3.46. The Morgan fingerprint density at radius 3 is 2.68 bits per heavy atom. The van der Waals surface area contributed by atoms with Gasteiger partial charge >= 0.3 is 0 Å². The molecule has 1 aliphatic heterocycles. The molecule has 1 amide bonds. The van der Waals surface area contributed by atoms with E-state index in [1.807, 2.05) is 61.5 Å². The molecule has 0 bridgehead atoms. The second-order valence-electron chi connectivity index (χ2n) is 6.46. The number of hydrogen-bond acceptors (Lipinski definition) is 5. The van der Waals surface area contributed by atoms with Gasteiger partial charge in [0.1, 0.15) is 18.0 Å². The topological polar surface area (TPSA) is 81.1 Å². The molecule has 0 unspecified atom stereocenters. The maximum absolute atomic E-state index is 13.2. The molecule has 0 saturated carbocycles. The summed E-state index contributed by atoms with van der Waals surface area (Å²) in [6.45, 7) is 6.62. The Hall–Kier alpha value is -3.61. The van der Waals surface area contributed by atoms with Crippen molar-refractivity contribution in [3.05, 3.63) is 78.8 Å². The van der Waals surface area contributed by atoms with Gasteiger partial charge in [0.2, 0.25) is 11.9 Å². The van der Waals surface area contributed by atoms with Gasteiger partial charge in [0.05, 0.1) is 12.6 Å². The molecule has 28 heavy (non-hydrogen) atoms. The number of ether oxygens (including phenoxy) is 1. The Bertz CT molecular complexity index is 982. The van der Waals surface area contributed by atoms with Crippen molar-refractivity contribution in [2.24, 2.45) is 5.92 Å². The first-order chi connectivity index (χ1) is 13.7. The first-order valence-electron chi connectivity index (χ1n) is 9.11. The molecule has 2 heterocycles. The van der Waals surface area contributed by atoms with Crippen molar-refractivity contribution in [1.82, 2.24) is 14.8 Å². The van der Waals surface area contributed by atoms with Crippen molar-refractivity contribution in [1.29, 1.82) is 0 Å². The van der Waals surface area contributed by atoms with Gasteiger partial charge in [-0.1, -0.05) is 36.9 Å². The molecule has 0 radical (unpaired) electrons. The number of amides is 1. The summed E-state index contributed by atoms with van der Waals surface area (Å²) in [6.07, 6.45) is 1.47. The highest BCUT2D eigenvalue weighted by atomic mass is 16.5. The van der Waals surface area contributed by atoms with Gasteiger partial charge in [-0.15, -0.1) is 0 Å². The van der Waals surface area contributed by atoms with E-state index in [1.165, 1.54) is 6.33 Å². The van der Waals surface area contributed by atoms with Crippen LogP contribution in [0.15, 0.2) is 73.2 Å². The lowest BCUT2D eigenvalue weighted by Gasteiger charge is -2.33. The van der Waals surface area contributed by atoms with E-state index >= 15 is 0 Å². The van der Waals surface area contributed by atoms with Crippen LogP contribution >= 0.6 is 0 Å². The fourth-order valence-electron chi connectivity index (χ4n) is 3.40. The van der Waals surface area contributed by atoms with Crippen LogP contribution in [-0.2, 0) is 4.79 Å². The van der Waals surface area contributed by atoms with Crippen LogP contribution in [0.1, 0.15) is 18.5 Å². The van der Waals surface area contributed by atoms with Crippen molar-refractivity contribution in [2.45, 2.75) is 13.0 Å². The molecule has 4 rings (SSSR count). The highest BCUT2D eigenvalue weighted by molar-refractivity contribution is 5.95. The van der Waals surface area contributed by atoms with Crippen LogP contribution in [0.3, 0.4) is 0 Å². The monoisotopic (exact) mass is 375 g/mol. The SMILES string of the molecule is C=C1Nc2ncnn2[C@H](c2ccc(OCC)cc2)[C@H]1C(=O)Nc1ccccc1. The number of carbonyl (C=O) groups is 1. The zero-order chi connectivity index (χ0) is 19.5. The molecule has 3 aromatic rings. The lowest BCUT2D eigenvalue weighted by Crippen LogP contribution is -2.39. The summed E-state index contributed by atoms with van der Waals surface area (Å²) >= 11 is 0. The zero-order valence-electron chi connectivity index (χ0n) is 15.5. The molecule has 1 aliphatic rings. The summed E-state index contributed by atoms with van der Waals surface area (Å²) < 4.78 is 7.25. The van der Waals surface area contributed by atoms with Gasteiger partial charge in [0, 0.05) is 11.4 Å². The molecule has 2 aromatic carbocycles. The van der Waals surface area contributed by atoms with E-state index in [1.54, 1.807) is 4.68 Å². The van der Waals surface area contributed by atoms with Crippen LogP contribution < -0.4 is 15.4 Å². The van der Waals surface area contributed by atoms with Crippen LogP contribution in [0, 0.1) is 5.92 Å². The molecule has 0 aliphatic carbocycles. The standard InChI is InChI=1S/C21H21N5O2/c1-3-28-17-11-9-15(10-12-17)19-18(14(2)24-21-22-13-23-26(19)21)20(27)25-16-7-5-4-6-8-16/h4-13,18-19H,2-3H2,1H3,(H,25,27)(H,22,23,24)/t18-,19+/m0/s1. The summed E-state index contributed by atoms with van der Waals surface area (Å²) in [5, 5.41) is 10.4. The zero-order valence-corrected chi connectivity index (χ0v) is 15.5. The Kier molecular flexibility index (Phi) is 4.80. The van der Waals surface area contributed by atoms with Crippen molar-refractivity contribution in [3.8, 4) is 5.75 Å². The molecule has 1 aromatic heterocycles. The first kappa shape index (κ1) is 17.8. The van der Waals surface area contributed by atoms with Gasteiger partial charge in [0.15, 0.2) is 0 Å². The minimum absolute atomic E-state index is 0.163. The Morgan fingerprint density at radius 1 is 1.21 bits per heavy atom. The highest BCUT2D eigenvalue weighted by Gasteiger charge is 2.39. The molecule has 2 atom stereocenters. The third-order valence-electron chi connectivity index (χ3n) is 4.66. The molecule has 7 heteroatoms. The number of nitrogens with zero attached hydrogens (tertiary/aromatic N) is 3. The molecule has 0 saturated heterocycles. The number of hydrogen-bond donors (Lipinski definition) is 2. The van der Waals surface area contributed by atoms with Crippen LogP contribution in [-0.4, -0.2) is 27.3 Å². The summed E-state index contributed by atoms with van der Waals surface area (Å²) in [6, 6.07) is 16.7. The van der Waals surface area contributed by atoms with E-state index in [4.69, 9.17) is 4.74 Å². The normalized spacial score (nSPS) is 18.1. The number of nitrogens with one attached hydrogen (secondary N) is 2. The van der Waals surface area contributed by atoms with Crippen LogP contribution in [0.2, 0.25) is 0 Å². The number of rotatable bonds is 5. The van der Waals surface area contributed by atoms with Crippen molar-refractivity contribution < 1.29 is 9.53 Å².